The largest absolute Gasteiger partial charge is 0.490 e. The van der Waals surface area contributed by atoms with Gasteiger partial charge in [-0.2, -0.15) is 0 Å². The summed E-state index contributed by atoms with van der Waals surface area (Å²) in [6.45, 7) is 0. The number of hydrogen-bond donors (Lipinski definition) is 0. The molecule has 1 aromatic carbocycles. The first-order valence-corrected chi connectivity index (χ1v) is 7.08. The third kappa shape index (κ3) is 2.95. The summed E-state index contributed by atoms with van der Waals surface area (Å²) < 4.78 is 16.8. The monoisotopic (exact) mass is 244 g/mol. The molecule has 1 fully saturated rings. The van der Waals surface area contributed by atoms with Crippen LogP contribution < -0.4 is 4.74 Å². The lowest BCUT2D eigenvalue weighted by molar-refractivity contribution is 0.209. The van der Waals surface area contributed by atoms with E-state index in [-0.39, 0.29) is 0 Å². The molecular formula is C11H13ClO2S. The van der Waals surface area contributed by atoms with Crippen molar-refractivity contribution >= 4 is 20.7 Å². The van der Waals surface area contributed by atoms with Gasteiger partial charge < -0.3 is 4.74 Å². The minimum atomic E-state index is -1.45. The first-order valence-electron chi connectivity index (χ1n) is 5.10. The van der Waals surface area contributed by atoms with Gasteiger partial charge >= 0.3 is 0 Å². The molecule has 0 spiro atoms. The Balaban J connectivity index is 2.07. The molecule has 0 amide bonds. The molecule has 2 rings (SSSR count). The lowest BCUT2D eigenvalue weighted by atomic mass is 10.3. The summed E-state index contributed by atoms with van der Waals surface area (Å²) in [4.78, 5) is 0.604. The predicted octanol–water partition coefficient (Wildman–Crippen LogP) is 3.27. The van der Waals surface area contributed by atoms with E-state index in [1.807, 2.05) is 12.1 Å². The maximum atomic E-state index is 11.1. The van der Waals surface area contributed by atoms with E-state index in [2.05, 4.69) is 0 Å². The van der Waals surface area contributed by atoms with E-state index in [4.69, 9.17) is 15.4 Å². The second kappa shape index (κ2) is 4.99. The van der Waals surface area contributed by atoms with Gasteiger partial charge in [-0.3, -0.25) is 0 Å². The fraction of sp³-hybridized carbons (Fsp3) is 0.455. The average Bonchev–Trinajstić information content (AvgIpc) is 2.71. The number of halogens is 1. The molecular weight excluding hydrogens is 232 g/mol. The number of ether oxygens (including phenoxy) is 1. The Morgan fingerprint density at radius 2 is 2.07 bits per heavy atom. The highest BCUT2D eigenvalue weighted by molar-refractivity contribution is 8.08. The van der Waals surface area contributed by atoms with E-state index in [0.29, 0.717) is 11.0 Å². The second-order valence-corrected chi connectivity index (χ2v) is 5.48. The Hall–Kier alpha value is -0.540. The summed E-state index contributed by atoms with van der Waals surface area (Å²) in [6.07, 6.45) is 5.05. The van der Waals surface area contributed by atoms with Crippen molar-refractivity contribution in [3.05, 3.63) is 24.3 Å². The van der Waals surface area contributed by atoms with Crippen LogP contribution in [0.25, 0.3) is 0 Å². The lowest BCUT2D eigenvalue weighted by Crippen LogP contribution is -2.10. The summed E-state index contributed by atoms with van der Waals surface area (Å²) in [7, 11) is 4.06. The second-order valence-electron chi connectivity index (χ2n) is 3.72. The van der Waals surface area contributed by atoms with Crippen molar-refractivity contribution in [1.82, 2.24) is 0 Å². The SMILES string of the molecule is O=S(Cl)c1cccc(OC2CCCC2)c1. The van der Waals surface area contributed by atoms with Crippen LogP contribution in [0.3, 0.4) is 0 Å². The van der Waals surface area contributed by atoms with E-state index in [9.17, 15) is 4.21 Å². The molecule has 0 aliphatic heterocycles. The Kier molecular flexibility index (Phi) is 3.65. The molecule has 82 valence electrons. The molecule has 0 N–H and O–H groups in total. The van der Waals surface area contributed by atoms with Gasteiger partial charge in [0.15, 0.2) is 0 Å². The van der Waals surface area contributed by atoms with Crippen molar-refractivity contribution in [2.45, 2.75) is 36.7 Å². The van der Waals surface area contributed by atoms with Crippen molar-refractivity contribution < 1.29 is 8.95 Å². The third-order valence-corrected chi connectivity index (χ3v) is 3.75. The van der Waals surface area contributed by atoms with Crippen LogP contribution in [0.15, 0.2) is 29.2 Å². The van der Waals surface area contributed by atoms with E-state index in [1.165, 1.54) is 12.8 Å². The molecule has 0 radical (unpaired) electrons. The minimum Gasteiger partial charge on any atom is -0.490 e. The molecule has 0 saturated heterocycles. The van der Waals surface area contributed by atoms with Crippen LogP contribution in [-0.4, -0.2) is 10.3 Å². The fourth-order valence-electron chi connectivity index (χ4n) is 1.85. The third-order valence-electron chi connectivity index (χ3n) is 2.60. The van der Waals surface area contributed by atoms with E-state index in [1.54, 1.807) is 12.1 Å². The predicted molar refractivity (Wildman–Crippen MR) is 61.6 cm³/mol. The van der Waals surface area contributed by atoms with Gasteiger partial charge in [-0.15, -0.1) is 0 Å². The summed E-state index contributed by atoms with van der Waals surface area (Å²) in [5.74, 6) is 0.772. The maximum Gasteiger partial charge on any atom is 0.147 e. The first-order chi connectivity index (χ1) is 7.25. The summed E-state index contributed by atoms with van der Waals surface area (Å²) in [5, 5.41) is 0. The summed E-state index contributed by atoms with van der Waals surface area (Å²) in [6, 6.07) is 7.19. The molecule has 1 aliphatic rings. The van der Waals surface area contributed by atoms with Crippen molar-refractivity contribution in [2.75, 3.05) is 0 Å². The van der Waals surface area contributed by atoms with Crippen molar-refractivity contribution in [2.24, 2.45) is 0 Å². The molecule has 1 atom stereocenters. The molecule has 15 heavy (non-hydrogen) atoms. The lowest BCUT2D eigenvalue weighted by Gasteiger charge is -2.13. The number of hydrogen-bond acceptors (Lipinski definition) is 2. The van der Waals surface area contributed by atoms with Crippen molar-refractivity contribution in [3.8, 4) is 5.75 Å². The zero-order valence-electron chi connectivity index (χ0n) is 8.32. The topological polar surface area (TPSA) is 26.3 Å². The van der Waals surface area contributed by atoms with Crippen LogP contribution in [0.2, 0.25) is 0 Å². The van der Waals surface area contributed by atoms with Crippen LogP contribution in [0, 0.1) is 0 Å². The summed E-state index contributed by atoms with van der Waals surface area (Å²) in [5.41, 5.74) is 0. The highest BCUT2D eigenvalue weighted by Crippen LogP contribution is 2.25. The Morgan fingerprint density at radius 3 is 2.73 bits per heavy atom. The molecule has 4 heteroatoms. The van der Waals surface area contributed by atoms with Gasteiger partial charge in [-0.25, -0.2) is 4.21 Å². The van der Waals surface area contributed by atoms with Gasteiger partial charge in [0.1, 0.15) is 15.8 Å². The van der Waals surface area contributed by atoms with Gasteiger partial charge in [0, 0.05) is 0 Å². The van der Waals surface area contributed by atoms with Crippen molar-refractivity contribution in [1.29, 1.82) is 0 Å². The fourth-order valence-corrected chi connectivity index (χ4v) is 2.53. The van der Waals surface area contributed by atoms with Crippen LogP contribution in [-0.2, 0) is 10.0 Å². The standard InChI is InChI=1S/C11H13ClO2S/c12-15(13)11-7-3-6-10(8-11)14-9-4-1-2-5-9/h3,6-9H,1-2,4-5H2. The molecule has 1 aliphatic carbocycles. The Morgan fingerprint density at radius 1 is 1.33 bits per heavy atom. The highest BCUT2D eigenvalue weighted by atomic mass is 35.7. The molecule has 0 aromatic heterocycles. The Labute approximate surface area is 96.5 Å². The zero-order valence-corrected chi connectivity index (χ0v) is 9.89. The molecule has 1 unspecified atom stereocenters. The molecule has 0 heterocycles. The van der Waals surface area contributed by atoms with Gasteiger partial charge in [0.25, 0.3) is 0 Å². The highest BCUT2D eigenvalue weighted by Gasteiger charge is 2.16. The van der Waals surface area contributed by atoms with Crippen molar-refractivity contribution in [3.63, 3.8) is 0 Å². The van der Waals surface area contributed by atoms with Crippen LogP contribution in [0.5, 0.6) is 5.75 Å². The molecule has 1 saturated carbocycles. The molecule has 0 bridgehead atoms. The number of benzene rings is 1. The first kappa shape index (κ1) is 11.0. The quantitative estimate of drug-likeness (QED) is 0.763. The normalized spacial score (nSPS) is 19.0. The van der Waals surface area contributed by atoms with Crippen LogP contribution in [0.1, 0.15) is 25.7 Å². The van der Waals surface area contributed by atoms with Crippen LogP contribution >= 0.6 is 10.7 Å². The zero-order chi connectivity index (χ0) is 10.7. The minimum absolute atomic E-state index is 0.323. The number of rotatable bonds is 3. The van der Waals surface area contributed by atoms with E-state index < -0.39 is 10.0 Å². The van der Waals surface area contributed by atoms with E-state index >= 15 is 0 Å². The average molecular weight is 245 g/mol. The molecule has 1 aromatic rings. The van der Waals surface area contributed by atoms with Gasteiger partial charge in [0.05, 0.1) is 11.0 Å². The maximum absolute atomic E-state index is 11.1. The van der Waals surface area contributed by atoms with Crippen LogP contribution in [0.4, 0.5) is 0 Å². The smallest absolute Gasteiger partial charge is 0.147 e. The van der Waals surface area contributed by atoms with Gasteiger partial charge in [-0.1, -0.05) is 6.07 Å². The molecule has 2 nitrogen and oxygen atoms in total. The Bertz CT molecular complexity index is 361. The summed E-state index contributed by atoms with van der Waals surface area (Å²) >= 11 is 0. The van der Waals surface area contributed by atoms with Gasteiger partial charge in [0.2, 0.25) is 0 Å². The van der Waals surface area contributed by atoms with E-state index in [0.717, 1.165) is 18.6 Å². The van der Waals surface area contributed by atoms with Gasteiger partial charge in [-0.05, 0) is 54.6 Å².